The maximum atomic E-state index is 10.9. The van der Waals surface area contributed by atoms with E-state index in [1.807, 2.05) is 0 Å². The van der Waals surface area contributed by atoms with Crippen molar-refractivity contribution in [2.75, 3.05) is 6.61 Å². The fourth-order valence-electron chi connectivity index (χ4n) is 2.03. The van der Waals surface area contributed by atoms with E-state index >= 15 is 0 Å². The predicted octanol–water partition coefficient (Wildman–Crippen LogP) is 2.21. The highest BCUT2D eigenvalue weighted by molar-refractivity contribution is 8.14. The number of carbonyl (C=O) groups is 1. The highest BCUT2D eigenvalue weighted by Gasteiger charge is 2.22. The molecule has 1 aliphatic carbocycles. The number of hydrogen-bond acceptors (Lipinski definition) is 3. The Morgan fingerprint density at radius 3 is 2.92 bits per heavy atom. The van der Waals surface area contributed by atoms with Gasteiger partial charge in [-0.1, -0.05) is 24.6 Å². The zero-order valence-corrected chi connectivity index (χ0v) is 8.98. The Hall–Kier alpha value is -0.0200. The zero-order valence-electron chi connectivity index (χ0n) is 8.16. The fourth-order valence-corrected chi connectivity index (χ4v) is 3.15. The van der Waals surface area contributed by atoms with Crippen molar-refractivity contribution < 1.29 is 9.90 Å². The molecule has 3 heteroatoms. The van der Waals surface area contributed by atoms with Crippen molar-refractivity contribution in [2.45, 2.75) is 44.3 Å². The third kappa shape index (κ3) is 4.14. The average Bonchev–Trinajstić information content (AvgIpc) is 2.04. The topological polar surface area (TPSA) is 37.3 Å². The van der Waals surface area contributed by atoms with Gasteiger partial charge in [0, 0.05) is 18.8 Å². The second-order valence-electron chi connectivity index (χ2n) is 3.78. The molecule has 1 saturated carbocycles. The van der Waals surface area contributed by atoms with Crippen molar-refractivity contribution in [1.29, 1.82) is 0 Å². The van der Waals surface area contributed by atoms with E-state index < -0.39 is 0 Å². The van der Waals surface area contributed by atoms with Gasteiger partial charge in [0.05, 0.1) is 0 Å². The highest BCUT2D eigenvalue weighted by atomic mass is 32.2. The van der Waals surface area contributed by atoms with Gasteiger partial charge in [-0.25, -0.2) is 0 Å². The Bertz CT molecular complexity index is 168. The van der Waals surface area contributed by atoms with Crippen LogP contribution in [0.1, 0.15) is 39.0 Å². The quantitative estimate of drug-likeness (QED) is 0.762. The van der Waals surface area contributed by atoms with Crippen LogP contribution in [0.3, 0.4) is 0 Å². The summed E-state index contributed by atoms with van der Waals surface area (Å²) in [4.78, 5) is 10.9. The standard InChI is InChI=1S/C10H18O2S/c1-8(12)13-10-4-2-3-9(7-10)5-6-11/h9-11H,2-7H2,1H3. The second-order valence-corrected chi connectivity index (χ2v) is 5.25. The monoisotopic (exact) mass is 202 g/mol. The van der Waals surface area contributed by atoms with Gasteiger partial charge in [0.15, 0.2) is 5.12 Å². The van der Waals surface area contributed by atoms with Gasteiger partial charge in [-0.3, -0.25) is 4.79 Å². The van der Waals surface area contributed by atoms with Crippen molar-refractivity contribution in [3.8, 4) is 0 Å². The van der Waals surface area contributed by atoms with Crippen molar-refractivity contribution in [2.24, 2.45) is 5.92 Å². The lowest BCUT2D eigenvalue weighted by Crippen LogP contribution is -2.19. The number of rotatable bonds is 3. The maximum Gasteiger partial charge on any atom is 0.186 e. The van der Waals surface area contributed by atoms with E-state index in [-0.39, 0.29) is 5.12 Å². The molecule has 0 radical (unpaired) electrons. The summed E-state index contributed by atoms with van der Waals surface area (Å²) in [6, 6.07) is 0. The molecule has 0 saturated heterocycles. The predicted molar refractivity (Wildman–Crippen MR) is 55.7 cm³/mol. The Kier molecular flexibility index (Phi) is 4.81. The van der Waals surface area contributed by atoms with Crippen LogP contribution in [0, 0.1) is 5.92 Å². The summed E-state index contributed by atoms with van der Waals surface area (Å²) in [7, 11) is 0. The molecule has 0 aliphatic heterocycles. The van der Waals surface area contributed by atoms with Crippen LogP contribution in [0.5, 0.6) is 0 Å². The van der Waals surface area contributed by atoms with Gasteiger partial charge in [-0.15, -0.1) is 0 Å². The Labute approximate surface area is 84.1 Å². The van der Waals surface area contributed by atoms with Gasteiger partial charge < -0.3 is 5.11 Å². The number of thioether (sulfide) groups is 1. The molecule has 1 aliphatic rings. The van der Waals surface area contributed by atoms with E-state index in [0.29, 0.717) is 17.8 Å². The molecule has 2 unspecified atom stereocenters. The molecule has 1 N–H and O–H groups in total. The molecule has 2 atom stereocenters. The van der Waals surface area contributed by atoms with E-state index in [0.717, 1.165) is 12.8 Å². The first-order valence-corrected chi connectivity index (χ1v) is 5.88. The van der Waals surface area contributed by atoms with Crippen LogP contribution in [0.25, 0.3) is 0 Å². The van der Waals surface area contributed by atoms with E-state index in [4.69, 9.17) is 5.11 Å². The molecule has 1 rings (SSSR count). The van der Waals surface area contributed by atoms with Crippen molar-refractivity contribution in [3.63, 3.8) is 0 Å². The lowest BCUT2D eigenvalue weighted by Gasteiger charge is -2.27. The molecule has 76 valence electrons. The minimum Gasteiger partial charge on any atom is -0.396 e. The van der Waals surface area contributed by atoms with Crippen LogP contribution in [-0.4, -0.2) is 22.1 Å². The van der Waals surface area contributed by atoms with E-state index in [2.05, 4.69) is 0 Å². The molecule has 0 bridgehead atoms. The van der Waals surface area contributed by atoms with Crippen LogP contribution in [0.4, 0.5) is 0 Å². The number of aliphatic hydroxyl groups is 1. The van der Waals surface area contributed by atoms with Crippen LogP contribution in [0.15, 0.2) is 0 Å². The summed E-state index contributed by atoms with van der Waals surface area (Å²) >= 11 is 1.48. The summed E-state index contributed by atoms with van der Waals surface area (Å²) in [6.07, 6.45) is 5.65. The average molecular weight is 202 g/mol. The van der Waals surface area contributed by atoms with Gasteiger partial charge in [-0.05, 0) is 25.2 Å². The third-order valence-electron chi connectivity index (χ3n) is 2.60. The molecular formula is C10H18O2S. The maximum absolute atomic E-state index is 10.9. The van der Waals surface area contributed by atoms with Gasteiger partial charge in [0.2, 0.25) is 0 Å². The van der Waals surface area contributed by atoms with Crippen LogP contribution in [-0.2, 0) is 4.79 Å². The molecule has 2 nitrogen and oxygen atoms in total. The normalized spacial score (nSPS) is 28.8. The summed E-state index contributed by atoms with van der Waals surface area (Å²) in [5.41, 5.74) is 0. The van der Waals surface area contributed by atoms with Crippen molar-refractivity contribution in [1.82, 2.24) is 0 Å². The molecule has 1 fully saturated rings. The number of aliphatic hydroxyl groups excluding tert-OH is 1. The van der Waals surface area contributed by atoms with E-state index in [9.17, 15) is 4.79 Å². The van der Waals surface area contributed by atoms with E-state index in [1.54, 1.807) is 6.92 Å². The van der Waals surface area contributed by atoms with Crippen LogP contribution in [0.2, 0.25) is 0 Å². The third-order valence-corrected chi connectivity index (χ3v) is 3.70. The minimum atomic E-state index is 0.231. The first-order valence-electron chi connectivity index (χ1n) is 5.00. The molecule has 0 spiro atoms. The van der Waals surface area contributed by atoms with Crippen LogP contribution >= 0.6 is 11.8 Å². The van der Waals surface area contributed by atoms with Crippen LogP contribution < -0.4 is 0 Å². The van der Waals surface area contributed by atoms with Gasteiger partial charge >= 0.3 is 0 Å². The second kappa shape index (κ2) is 5.66. The highest BCUT2D eigenvalue weighted by Crippen LogP contribution is 2.33. The molecule has 0 aromatic carbocycles. The zero-order chi connectivity index (χ0) is 9.68. The Morgan fingerprint density at radius 1 is 1.54 bits per heavy atom. The molecule has 0 heterocycles. The Morgan fingerprint density at radius 2 is 2.31 bits per heavy atom. The fraction of sp³-hybridized carbons (Fsp3) is 0.900. The lowest BCUT2D eigenvalue weighted by atomic mass is 9.87. The SMILES string of the molecule is CC(=O)SC1CCCC(CCO)C1. The summed E-state index contributed by atoms with van der Waals surface area (Å²) in [5, 5.41) is 9.56. The number of hydrogen-bond donors (Lipinski definition) is 1. The summed E-state index contributed by atoms with van der Waals surface area (Å²) in [6.45, 7) is 1.93. The molecule has 13 heavy (non-hydrogen) atoms. The summed E-state index contributed by atoms with van der Waals surface area (Å²) < 4.78 is 0. The van der Waals surface area contributed by atoms with Crippen molar-refractivity contribution >= 4 is 16.9 Å². The first kappa shape index (κ1) is 11.1. The Balaban J connectivity index is 2.28. The molecule has 0 amide bonds. The molecule has 0 aromatic heterocycles. The lowest BCUT2D eigenvalue weighted by molar-refractivity contribution is -0.109. The first-order chi connectivity index (χ1) is 6.22. The molecule has 0 aromatic rings. The largest absolute Gasteiger partial charge is 0.396 e. The van der Waals surface area contributed by atoms with E-state index in [1.165, 1.54) is 31.0 Å². The van der Waals surface area contributed by atoms with Gasteiger partial charge in [0.25, 0.3) is 0 Å². The minimum absolute atomic E-state index is 0.231. The summed E-state index contributed by atoms with van der Waals surface area (Å²) in [5.74, 6) is 0.649. The number of carbonyl (C=O) groups excluding carboxylic acids is 1. The molecular weight excluding hydrogens is 184 g/mol. The van der Waals surface area contributed by atoms with Gasteiger partial charge in [-0.2, -0.15) is 0 Å². The smallest absolute Gasteiger partial charge is 0.186 e. The van der Waals surface area contributed by atoms with Crippen molar-refractivity contribution in [3.05, 3.63) is 0 Å². The van der Waals surface area contributed by atoms with Gasteiger partial charge in [0.1, 0.15) is 0 Å².